The van der Waals surface area contributed by atoms with Crippen molar-refractivity contribution >= 4 is 0 Å². The number of pyridine rings is 1. The van der Waals surface area contributed by atoms with Crippen molar-refractivity contribution in [1.29, 1.82) is 0 Å². The number of rotatable bonds is 3. The molecule has 2 nitrogen and oxygen atoms in total. The van der Waals surface area contributed by atoms with E-state index in [1.165, 1.54) is 17.5 Å². The minimum atomic E-state index is 0.511. The fraction of sp³-hybridized carbons (Fsp3) is 0.583. The average molecular weight is 190 g/mol. The molecule has 1 aliphatic carbocycles. The molecule has 1 aliphatic rings. The average Bonchev–Trinajstić information content (AvgIpc) is 2.71. The van der Waals surface area contributed by atoms with Crippen molar-refractivity contribution in [1.82, 2.24) is 10.3 Å². The SMILES string of the molecule is Cc1cncc(CNC2CC2(C)C)c1. The van der Waals surface area contributed by atoms with Gasteiger partial charge in [-0.25, -0.2) is 0 Å². The van der Waals surface area contributed by atoms with Crippen LogP contribution < -0.4 is 5.32 Å². The van der Waals surface area contributed by atoms with Crippen LogP contribution in [-0.2, 0) is 6.54 Å². The van der Waals surface area contributed by atoms with Gasteiger partial charge in [-0.2, -0.15) is 0 Å². The molecule has 1 saturated carbocycles. The van der Waals surface area contributed by atoms with Gasteiger partial charge in [0.1, 0.15) is 0 Å². The quantitative estimate of drug-likeness (QED) is 0.791. The van der Waals surface area contributed by atoms with E-state index in [1.807, 2.05) is 12.4 Å². The highest BCUT2D eigenvalue weighted by molar-refractivity contribution is 5.17. The molecular formula is C12H18N2. The van der Waals surface area contributed by atoms with Crippen molar-refractivity contribution < 1.29 is 0 Å². The topological polar surface area (TPSA) is 24.9 Å². The normalized spacial score (nSPS) is 23.5. The number of nitrogens with one attached hydrogen (secondary N) is 1. The van der Waals surface area contributed by atoms with Crippen molar-refractivity contribution in [2.24, 2.45) is 5.41 Å². The van der Waals surface area contributed by atoms with Crippen LogP contribution in [0.15, 0.2) is 18.5 Å². The van der Waals surface area contributed by atoms with Gasteiger partial charge < -0.3 is 5.32 Å². The molecule has 0 radical (unpaired) electrons. The van der Waals surface area contributed by atoms with E-state index in [2.05, 4.69) is 37.1 Å². The summed E-state index contributed by atoms with van der Waals surface area (Å²) in [4.78, 5) is 4.18. The predicted molar refractivity (Wildman–Crippen MR) is 58.0 cm³/mol. The van der Waals surface area contributed by atoms with Gasteiger partial charge in [0.05, 0.1) is 0 Å². The fourth-order valence-corrected chi connectivity index (χ4v) is 1.77. The van der Waals surface area contributed by atoms with Crippen molar-refractivity contribution in [2.75, 3.05) is 0 Å². The van der Waals surface area contributed by atoms with Crippen LogP contribution >= 0.6 is 0 Å². The summed E-state index contributed by atoms with van der Waals surface area (Å²) in [6, 6.07) is 2.89. The van der Waals surface area contributed by atoms with Crippen LogP contribution in [0.4, 0.5) is 0 Å². The molecule has 2 rings (SSSR count). The number of hydrogen-bond donors (Lipinski definition) is 1. The van der Waals surface area contributed by atoms with E-state index in [4.69, 9.17) is 0 Å². The highest BCUT2D eigenvalue weighted by atomic mass is 15.0. The first-order valence-corrected chi connectivity index (χ1v) is 5.22. The molecule has 1 fully saturated rings. The Morgan fingerprint density at radius 3 is 2.79 bits per heavy atom. The van der Waals surface area contributed by atoms with Gasteiger partial charge in [0.25, 0.3) is 0 Å². The molecule has 1 heterocycles. The second-order valence-electron chi connectivity index (χ2n) is 5.00. The summed E-state index contributed by atoms with van der Waals surface area (Å²) in [5.74, 6) is 0. The Kier molecular flexibility index (Phi) is 2.31. The van der Waals surface area contributed by atoms with Crippen LogP contribution in [0.25, 0.3) is 0 Å². The highest BCUT2D eigenvalue weighted by Gasteiger charge is 2.44. The maximum atomic E-state index is 4.18. The molecule has 0 aliphatic heterocycles. The van der Waals surface area contributed by atoms with Crippen LogP contribution in [0.3, 0.4) is 0 Å². The lowest BCUT2D eigenvalue weighted by atomic mass is 10.2. The molecule has 2 heteroatoms. The van der Waals surface area contributed by atoms with Gasteiger partial charge in [-0.15, -0.1) is 0 Å². The molecule has 0 aromatic carbocycles. The van der Waals surface area contributed by atoms with Crippen molar-refractivity contribution in [3.05, 3.63) is 29.6 Å². The molecule has 0 saturated heterocycles. The van der Waals surface area contributed by atoms with Crippen molar-refractivity contribution in [3.8, 4) is 0 Å². The molecule has 76 valence electrons. The van der Waals surface area contributed by atoms with Gasteiger partial charge in [-0.3, -0.25) is 4.98 Å². The first-order valence-electron chi connectivity index (χ1n) is 5.22. The monoisotopic (exact) mass is 190 g/mol. The van der Waals surface area contributed by atoms with Crippen molar-refractivity contribution in [2.45, 2.75) is 39.8 Å². The van der Waals surface area contributed by atoms with Gasteiger partial charge >= 0.3 is 0 Å². The molecule has 14 heavy (non-hydrogen) atoms. The fourth-order valence-electron chi connectivity index (χ4n) is 1.77. The van der Waals surface area contributed by atoms with Gasteiger partial charge in [0.2, 0.25) is 0 Å². The summed E-state index contributed by atoms with van der Waals surface area (Å²) in [5, 5.41) is 3.55. The lowest BCUT2D eigenvalue weighted by molar-refractivity contribution is 0.541. The summed E-state index contributed by atoms with van der Waals surface area (Å²) < 4.78 is 0. The Morgan fingerprint density at radius 1 is 1.50 bits per heavy atom. The van der Waals surface area contributed by atoms with E-state index in [1.54, 1.807) is 0 Å². The summed E-state index contributed by atoms with van der Waals surface area (Å²) >= 11 is 0. The maximum absolute atomic E-state index is 4.18. The smallest absolute Gasteiger partial charge is 0.0313 e. The summed E-state index contributed by atoms with van der Waals surface area (Å²) in [7, 11) is 0. The van der Waals surface area contributed by atoms with Crippen LogP contribution in [0.1, 0.15) is 31.4 Å². The standard InChI is InChI=1S/C12H18N2/c1-9-4-10(7-13-6-9)8-14-11-5-12(11,2)3/h4,6-7,11,14H,5,8H2,1-3H3. The summed E-state index contributed by atoms with van der Waals surface area (Å²) in [6.45, 7) is 7.64. The Labute approximate surface area is 85.7 Å². The van der Waals surface area contributed by atoms with Crippen LogP contribution in [0.5, 0.6) is 0 Å². The second kappa shape index (κ2) is 3.35. The second-order valence-corrected chi connectivity index (χ2v) is 5.00. The van der Waals surface area contributed by atoms with E-state index in [0.717, 1.165) is 6.54 Å². The van der Waals surface area contributed by atoms with Gasteiger partial charge in [0.15, 0.2) is 0 Å². The molecule has 0 bridgehead atoms. The molecular weight excluding hydrogens is 172 g/mol. The Hall–Kier alpha value is -0.890. The van der Waals surface area contributed by atoms with Crippen LogP contribution in [-0.4, -0.2) is 11.0 Å². The number of hydrogen-bond acceptors (Lipinski definition) is 2. The molecule has 0 amide bonds. The minimum Gasteiger partial charge on any atom is -0.309 e. The largest absolute Gasteiger partial charge is 0.309 e. The van der Waals surface area contributed by atoms with Crippen molar-refractivity contribution in [3.63, 3.8) is 0 Å². The zero-order chi connectivity index (χ0) is 10.2. The zero-order valence-electron chi connectivity index (χ0n) is 9.17. The lowest BCUT2D eigenvalue weighted by Crippen LogP contribution is -2.20. The first-order chi connectivity index (χ1) is 6.58. The molecule has 1 unspecified atom stereocenters. The van der Waals surface area contributed by atoms with E-state index in [0.29, 0.717) is 11.5 Å². The van der Waals surface area contributed by atoms with Gasteiger partial charge in [0, 0.05) is 25.0 Å². The summed E-state index contributed by atoms with van der Waals surface area (Å²) in [6.07, 6.45) is 5.13. The lowest BCUT2D eigenvalue weighted by Gasteiger charge is -2.06. The maximum Gasteiger partial charge on any atom is 0.0313 e. The Morgan fingerprint density at radius 2 is 2.21 bits per heavy atom. The number of aryl methyl sites for hydroxylation is 1. The number of nitrogens with zero attached hydrogens (tertiary/aromatic N) is 1. The predicted octanol–water partition coefficient (Wildman–Crippen LogP) is 2.28. The molecule has 1 atom stereocenters. The molecule has 1 aromatic heterocycles. The van der Waals surface area contributed by atoms with Gasteiger partial charge in [-0.05, 0) is 29.9 Å². The molecule has 1 N–H and O–H groups in total. The minimum absolute atomic E-state index is 0.511. The number of aromatic nitrogens is 1. The summed E-state index contributed by atoms with van der Waals surface area (Å²) in [5.41, 5.74) is 3.03. The first kappa shape index (κ1) is 9.66. The van der Waals surface area contributed by atoms with E-state index < -0.39 is 0 Å². The van der Waals surface area contributed by atoms with E-state index in [9.17, 15) is 0 Å². The highest BCUT2D eigenvalue weighted by Crippen LogP contribution is 2.44. The third kappa shape index (κ3) is 2.13. The zero-order valence-corrected chi connectivity index (χ0v) is 9.17. The molecule has 1 aromatic rings. The van der Waals surface area contributed by atoms with E-state index in [-0.39, 0.29) is 0 Å². The third-order valence-electron chi connectivity index (χ3n) is 3.00. The third-order valence-corrected chi connectivity index (χ3v) is 3.00. The molecule has 0 spiro atoms. The van der Waals surface area contributed by atoms with Crippen LogP contribution in [0, 0.1) is 12.3 Å². The Balaban J connectivity index is 1.87. The van der Waals surface area contributed by atoms with E-state index >= 15 is 0 Å². The van der Waals surface area contributed by atoms with Gasteiger partial charge in [-0.1, -0.05) is 19.9 Å². The van der Waals surface area contributed by atoms with Crippen LogP contribution in [0.2, 0.25) is 0 Å². The Bertz CT molecular complexity index is 331.